The van der Waals surface area contributed by atoms with Gasteiger partial charge >= 0.3 is 0 Å². The standard InChI is InChI=1S/C18H18N4/c1-11(14-6-8-17-18(10-14)22(3)21-20-17)15-7-9-16(13-4-5-13)19-12(15)2/h6-10,13H,1,4-5H2,2-3H3. The third kappa shape index (κ3) is 2.11. The monoisotopic (exact) mass is 290 g/mol. The van der Waals surface area contributed by atoms with Crippen LogP contribution in [0.5, 0.6) is 0 Å². The summed E-state index contributed by atoms with van der Waals surface area (Å²) in [4.78, 5) is 4.76. The molecule has 1 aliphatic carbocycles. The molecule has 110 valence electrons. The van der Waals surface area contributed by atoms with E-state index in [1.165, 1.54) is 18.5 Å². The Morgan fingerprint density at radius 2 is 2.05 bits per heavy atom. The first-order chi connectivity index (χ1) is 10.6. The minimum atomic E-state index is 0.679. The van der Waals surface area contributed by atoms with E-state index in [1.807, 2.05) is 19.2 Å². The van der Waals surface area contributed by atoms with Gasteiger partial charge in [0.05, 0.1) is 5.52 Å². The Balaban J connectivity index is 1.74. The highest BCUT2D eigenvalue weighted by Crippen LogP contribution is 2.39. The summed E-state index contributed by atoms with van der Waals surface area (Å²) in [5.41, 5.74) is 7.38. The summed E-state index contributed by atoms with van der Waals surface area (Å²) in [5, 5.41) is 8.17. The van der Waals surface area contributed by atoms with Crippen molar-refractivity contribution in [3.05, 3.63) is 59.4 Å². The SMILES string of the molecule is C=C(c1ccc2nnn(C)c2c1)c1ccc(C2CC2)nc1C. The Morgan fingerprint density at radius 3 is 2.77 bits per heavy atom. The van der Waals surface area contributed by atoms with Crippen LogP contribution in [0, 0.1) is 6.92 Å². The lowest BCUT2D eigenvalue weighted by Gasteiger charge is -2.11. The Kier molecular flexibility index (Phi) is 2.86. The van der Waals surface area contributed by atoms with Crippen molar-refractivity contribution in [1.82, 2.24) is 20.0 Å². The summed E-state index contributed by atoms with van der Waals surface area (Å²) >= 11 is 0. The molecule has 1 saturated carbocycles. The molecule has 0 bridgehead atoms. The van der Waals surface area contributed by atoms with Crippen LogP contribution in [-0.4, -0.2) is 20.0 Å². The second-order valence-corrected chi connectivity index (χ2v) is 6.04. The van der Waals surface area contributed by atoms with Crippen molar-refractivity contribution in [3.63, 3.8) is 0 Å². The van der Waals surface area contributed by atoms with Gasteiger partial charge in [-0.15, -0.1) is 5.10 Å². The number of fused-ring (bicyclic) bond motifs is 1. The molecule has 0 aliphatic heterocycles. The van der Waals surface area contributed by atoms with Crippen molar-refractivity contribution in [2.45, 2.75) is 25.7 Å². The number of hydrogen-bond acceptors (Lipinski definition) is 3. The van der Waals surface area contributed by atoms with Crippen LogP contribution in [0.1, 0.15) is 41.3 Å². The van der Waals surface area contributed by atoms with Crippen LogP contribution in [0.2, 0.25) is 0 Å². The minimum Gasteiger partial charge on any atom is -0.257 e. The van der Waals surface area contributed by atoms with E-state index in [2.05, 4.69) is 42.0 Å². The van der Waals surface area contributed by atoms with Crippen molar-refractivity contribution in [2.75, 3.05) is 0 Å². The number of aryl methyl sites for hydroxylation is 2. The highest BCUT2D eigenvalue weighted by atomic mass is 15.4. The number of rotatable bonds is 3. The van der Waals surface area contributed by atoms with Crippen LogP contribution in [0.3, 0.4) is 0 Å². The molecular weight excluding hydrogens is 272 g/mol. The van der Waals surface area contributed by atoms with Gasteiger partial charge in [-0.2, -0.15) is 0 Å². The summed E-state index contributed by atoms with van der Waals surface area (Å²) in [7, 11) is 1.90. The van der Waals surface area contributed by atoms with Crippen LogP contribution < -0.4 is 0 Å². The van der Waals surface area contributed by atoms with Gasteiger partial charge in [0.25, 0.3) is 0 Å². The predicted molar refractivity (Wildman–Crippen MR) is 87.6 cm³/mol. The molecule has 3 aromatic rings. The molecule has 0 radical (unpaired) electrons. The predicted octanol–water partition coefficient (Wildman–Crippen LogP) is 3.61. The van der Waals surface area contributed by atoms with Gasteiger partial charge in [-0.1, -0.05) is 23.9 Å². The van der Waals surface area contributed by atoms with E-state index in [0.717, 1.165) is 33.4 Å². The maximum Gasteiger partial charge on any atom is 0.113 e. The fourth-order valence-corrected chi connectivity index (χ4v) is 2.88. The zero-order valence-corrected chi connectivity index (χ0v) is 12.9. The Hall–Kier alpha value is -2.49. The summed E-state index contributed by atoms with van der Waals surface area (Å²) < 4.78 is 1.79. The molecule has 0 saturated heterocycles. The van der Waals surface area contributed by atoms with Crippen molar-refractivity contribution in [3.8, 4) is 0 Å². The number of pyridine rings is 1. The third-order valence-corrected chi connectivity index (χ3v) is 4.39. The molecule has 2 heterocycles. The van der Waals surface area contributed by atoms with Crippen LogP contribution in [-0.2, 0) is 7.05 Å². The van der Waals surface area contributed by atoms with E-state index < -0.39 is 0 Å². The summed E-state index contributed by atoms with van der Waals surface area (Å²) in [6.07, 6.45) is 2.55. The molecule has 0 spiro atoms. The first kappa shape index (κ1) is 13.2. The zero-order valence-electron chi connectivity index (χ0n) is 12.9. The fourth-order valence-electron chi connectivity index (χ4n) is 2.88. The molecule has 1 fully saturated rings. The molecule has 0 amide bonds. The molecule has 4 nitrogen and oxygen atoms in total. The number of hydrogen-bond donors (Lipinski definition) is 0. The van der Waals surface area contributed by atoms with Gasteiger partial charge in [0.2, 0.25) is 0 Å². The molecule has 0 N–H and O–H groups in total. The summed E-state index contributed by atoms with van der Waals surface area (Å²) in [5.74, 6) is 0.679. The summed E-state index contributed by atoms with van der Waals surface area (Å²) in [6, 6.07) is 10.4. The number of benzene rings is 1. The zero-order chi connectivity index (χ0) is 15.3. The third-order valence-electron chi connectivity index (χ3n) is 4.39. The molecule has 4 rings (SSSR count). The van der Waals surface area contributed by atoms with Gasteiger partial charge in [-0.3, -0.25) is 4.98 Å². The Bertz CT molecular complexity index is 887. The van der Waals surface area contributed by atoms with Crippen LogP contribution in [0.25, 0.3) is 16.6 Å². The van der Waals surface area contributed by atoms with Gasteiger partial charge < -0.3 is 0 Å². The number of nitrogens with zero attached hydrogens (tertiary/aromatic N) is 4. The minimum absolute atomic E-state index is 0.679. The first-order valence-electron chi connectivity index (χ1n) is 7.60. The molecular formula is C18H18N4. The van der Waals surface area contributed by atoms with E-state index >= 15 is 0 Å². The largest absolute Gasteiger partial charge is 0.257 e. The van der Waals surface area contributed by atoms with Crippen LogP contribution in [0.15, 0.2) is 36.9 Å². The van der Waals surface area contributed by atoms with Gasteiger partial charge in [0.1, 0.15) is 5.52 Å². The van der Waals surface area contributed by atoms with Crippen molar-refractivity contribution < 1.29 is 0 Å². The van der Waals surface area contributed by atoms with Gasteiger partial charge in [-0.25, -0.2) is 4.68 Å². The van der Waals surface area contributed by atoms with E-state index in [0.29, 0.717) is 5.92 Å². The Labute approximate surface area is 129 Å². The summed E-state index contributed by atoms with van der Waals surface area (Å²) in [6.45, 7) is 6.34. The lowest BCUT2D eigenvalue weighted by molar-refractivity contribution is 0.736. The van der Waals surface area contributed by atoms with E-state index in [4.69, 9.17) is 4.98 Å². The molecule has 22 heavy (non-hydrogen) atoms. The molecule has 0 atom stereocenters. The van der Waals surface area contributed by atoms with E-state index in [9.17, 15) is 0 Å². The second kappa shape index (κ2) is 4.77. The molecule has 0 unspecified atom stereocenters. The molecule has 2 aromatic heterocycles. The van der Waals surface area contributed by atoms with Gasteiger partial charge in [0.15, 0.2) is 0 Å². The highest BCUT2D eigenvalue weighted by molar-refractivity contribution is 5.85. The van der Waals surface area contributed by atoms with Crippen LogP contribution in [0.4, 0.5) is 0 Å². The van der Waals surface area contributed by atoms with E-state index in [1.54, 1.807) is 4.68 Å². The molecule has 4 heteroatoms. The average Bonchev–Trinajstić information content (AvgIpc) is 3.31. The molecule has 1 aromatic carbocycles. The second-order valence-electron chi connectivity index (χ2n) is 6.04. The topological polar surface area (TPSA) is 43.6 Å². The number of aromatic nitrogens is 4. The van der Waals surface area contributed by atoms with Gasteiger partial charge in [0, 0.05) is 29.9 Å². The average molecular weight is 290 g/mol. The Morgan fingerprint density at radius 1 is 1.23 bits per heavy atom. The lowest BCUT2D eigenvalue weighted by atomic mass is 9.97. The highest BCUT2D eigenvalue weighted by Gasteiger charge is 2.25. The van der Waals surface area contributed by atoms with Crippen LogP contribution >= 0.6 is 0 Å². The van der Waals surface area contributed by atoms with Crippen molar-refractivity contribution in [2.24, 2.45) is 7.05 Å². The van der Waals surface area contributed by atoms with E-state index in [-0.39, 0.29) is 0 Å². The first-order valence-corrected chi connectivity index (χ1v) is 7.60. The maximum absolute atomic E-state index is 4.76. The van der Waals surface area contributed by atoms with Gasteiger partial charge in [-0.05, 0) is 49.1 Å². The van der Waals surface area contributed by atoms with Crippen molar-refractivity contribution in [1.29, 1.82) is 0 Å². The molecule has 1 aliphatic rings. The quantitative estimate of drug-likeness (QED) is 0.740. The normalized spacial score (nSPS) is 14.5. The fraction of sp³-hybridized carbons (Fsp3) is 0.278. The lowest BCUT2D eigenvalue weighted by Crippen LogP contribution is -1.97. The maximum atomic E-state index is 4.76. The smallest absolute Gasteiger partial charge is 0.113 e. The van der Waals surface area contributed by atoms with Crippen molar-refractivity contribution >= 4 is 16.6 Å².